The Balaban J connectivity index is 1.73. The highest BCUT2D eigenvalue weighted by Gasteiger charge is 2.25. The second-order valence-corrected chi connectivity index (χ2v) is 8.47. The van der Waals surface area contributed by atoms with Gasteiger partial charge in [0.25, 0.3) is 0 Å². The van der Waals surface area contributed by atoms with Crippen molar-refractivity contribution >= 4 is 15.9 Å². The van der Waals surface area contributed by atoms with Crippen LogP contribution < -0.4 is 0 Å². The molecule has 0 bridgehead atoms. The molecule has 0 amide bonds. The number of aliphatic hydroxyl groups excluding tert-OH is 1. The molecule has 7 heteroatoms. The van der Waals surface area contributed by atoms with Gasteiger partial charge in [-0.15, -0.1) is 0 Å². The van der Waals surface area contributed by atoms with Crippen molar-refractivity contribution in [3.8, 4) is 11.4 Å². The number of nitrogens with zero attached hydrogens (tertiary/aromatic N) is 4. The Morgan fingerprint density at radius 1 is 1.32 bits per heavy atom. The summed E-state index contributed by atoms with van der Waals surface area (Å²) in [7, 11) is 0. The lowest BCUT2D eigenvalue weighted by molar-refractivity contribution is 0.199. The van der Waals surface area contributed by atoms with Crippen molar-refractivity contribution in [2.45, 2.75) is 52.8 Å². The van der Waals surface area contributed by atoms with Crippen LogP contribution in [-0.2, 0) is 13.1 Å². The highest BCUT2D eigenvalue weighted by atomic mass is 79.9. The number of halogens is 2. The molecule has 148 valence electrons. The van der Waals surface area contributed by atoms with Crippen LogP contribution in [0.25, 0.3) is 11.4 Å². The van der Waals surface area contributed by atoms with Crippen LogP contribution in [0.15, 0.2) is 29.0 Å². The topological polar surface area (TPSA) is 55.9 Å². The molecule has 0 aliphatic heterocycles. The van der Waals surface area contributed by atoms with Gasteiger partial charge in [-0.3, -0.25) is 4.68 Å². The van der Waals surface area contributed by atoms with Gasteiger partial charge in [-0.05, 0) is 79.2 Å². The second kappa shape index (κ2) is 7.44. The molecule has 3 aromatic rings. The van der Waals surface area contributed by atoms with Crippen LogP contribution in [0.4, 0.5) is 4.39 Å². The molecule has 1 N–H and O–H groups in total. The summed E-state index contributed by atoms with van der Waals surface area (Å²) >= 11 is 3.73. The fraction of sp³-hybridized carbons (Fsp3) is 0.429. The molecule has 1 aliphatic carbocycles. The summed E-state index contributed by atoms with van der Waals surface area (Å²) in [5, 5.41) is 14.8. The number of rotatable bonds is 6. The summed E-state index contributed by atoms with van der Waals surface area (Å²) in [6.45, 7) is 7.14. The van der Waals surface area contributed by atoms with E-state index >= 15 is 0 Å². The van der Waals surface area contributed by atoms with Crippen molar-refractivity contribution in [3.05, 3.63) is 57.3 Å². The summed E-state index contributed by atoms with van der Waals surface area (Å²) in [5.41, 5.74) is 4.24. The zero-order chi connectivity index (χ0) is 20.0. The van der Waals surface area contributed by atoms with Gasteiger partial charge in [0, 0.05) is 23.9 Å². The average molecular weight is 447 g/mol. The van der Waals surface area contributed by atoms with Gasteiger partial charge in [-0.1, -0.05) is 0 Å². The maximum Gasteiger partial charge on any atom is 0.140 e. The van der Waals surface area contributed by atoms with Crippen LogP contribution in [0.2, 0.25) is 0 Å². The van der Waals surface area contributed by atoms with E-state index in [4.69, 9.17) is 5.10 Å². The molecule has 1 aliphatic rings. The molecule has 1 saturated carbocycles. The third kappa shape index (κ3) is 3.78. The van der Waals surface area contributed by atoms with Gasteiger partial charge in [0.15, 0.2) is 0 Å². The standard InChI is InChI=1S/C21H24BrFN4O/c1-12-9-26(11-19-13(2)25-27(20(19)22)10-15-4-5-15)21(24-12)17-7-6-16(23)8-18(17)14(3)28/h6-9,14-15,28H,4-5,10-11H2,1-3H3/t14-/m1/s1. The summed E-state index contributed by atoms with van der Waals surface area (Å²) in [6, 6.07) is 4.47. The Bertz CT molecular complexity index is 1020. The molecular formula is C21H24BrFN4O. The first-order valence-electron chi connectivity index (χ1n) is 9.57. The number of hydrogen-bond donors (Lipinski definition) is 1. The highest BCUT2D eigenvalue weighted by molar-refractivity contribution is 9.10. The Morgan fingerprint density at radius 2 is 2.07 bits per heavy atom. The van der Waals surface area contributed by atoms with Gasteiger partial charge >= 0.3 is 0 Å². The van der Waals surface area contributed by atoms with Crippen molar-refractivity contribution in [1.29, 1.82) is 0 Å². The Labute approximate surface area is 172 Å². The summed E-state index contributed by atoms with van der Waals surface area (Å²) < 4.78 is 18.8. The van der Waals surface area contributed by atoms with Gasteiger partial charge in [0.05, 0.1) is 24.0 Å². The molecule has 5 nitrogen and oxygen atoms in total. The first-order valence-corrected chi connectivity index (χ1v) is 10.4. The van der Waals surface area contributed by atoms with Gasteiger partial charge < -0.3 is 9.67 Å². The predicted molar refractivity (Wildman–Crippen MR) is 109 cm³/mol. The van der Waals surface area contributed by atoms with E-state index in [0.717, 1.165) is 45.4 Å². The van der Waals surface area contributed by atoms with E-state index in [2.05, 4.69) is 20.9 Å². The second-order valence-electron chi connectivity index (χ2n) is 7.72. The van der Waals surface area contributed by atoms with Crippen molar-refractivity contribution in [3.63, 3.8) is 0 Å². The van der Waals surface area contributed by atoms with E-state index in [9.17, 15) is 9.50 Å². The number of benzene rings is 1. The molecule has 2 heterocycles. The molecule has 0 radical (unpaired) electrons. The predicted octanol–water partition coefficient (Wildman–Crippen LogP) is 4.78. The summed E-state index contributed by atoms with van der Waals surface area (Å²) in [5.74, 6) is 1.09. The largest absolute Gasteiger partial charge is 0.389 e. The lowest BCUT2D eigenvalue weighted by Gasteiger charge is -2.14. The number of aliphatic hydroxyl groups is 1. The van der Waals surface area contributed by atoms with Crippen molar-refractivity contribution in [2.75, 3.05) is 0 Å². The zero-order valence-corrected chi connectivity index (χ0v) is 17.9. The van der Waals surface area contributed by atoms with E-state index in [1.807, 2.05) is 29.3 Å². The van der Waals surface area contributed by atoms with Crippen LogP contribution in [0.3, 0.4) is 0 Å². The van der Waals surface area contributed by atoms with Crippen LogP contribution >= 0.6 is 15.9 Å². The van der Waals surface area contributed by atoms with E-state index < -0.39 is 6.10 Å². The first-order chi connectivity index (χ1) is 13.3. The van der Waals surface area contributed by atoms with Gasteiger partial charge in [-0.25, -0.2) is 9.37 Å². The lowest BCUT2D eigenvalue weighted by Crippen LogP contribution is -2.06. The average Bonchev–Trinajstić information content (AvgIpc) is 3.32. The molecule has 1 atom stereocenters. The zero-order valence-electron chi connectivity index (χ0n) is 16.3. The Kier molecular flexibility index (Phi) is 5.14. The minimum atomic E-state index is -0.786. The minimum absolute atomic E-state index is 0.366. The van der Waals surface area contributed by atoms with Crippen molar-refractivity contribution in [1.82, 2.24) is 19.3 Å². The summed E-state index contributed by atoms with van der Waals surface area (Å²) in [6.07, 6.45) is 3.75. The molecule has 0 unspecified atom stereocenters. The number of aryl methyl sites for hydroxylation is 2. The molecule has 1 aromatic carbocycles. The highest BCUT2D eigenvalue weighted by Crippen LogP contribution is 2.34. The number of imidazole rings is 1. The Hall–Kier alpha value is -1.99. The van der Waals surface area contributed by atoms with Crippen molar-refractivity contribution < 1.29 is 9.50 Å². The number of hydrogen-bond acceptors (Lipinski definition) is 3. The van der Waals surface area contributed by atoms with Gasteiger partial charge in [-0.2, -0.15) is 5.10 Å². The molecule has 0 saturated heterocycles. The minimum Gasteiger partial charge on any atom is -0.389 e. The van der Waals surface area contributed by atoms with Gasteiger partial charge in [0.2, 0.25) is 0 Å². The summed E-state index contributed by atoms with van der Waals surface area (Å²) in [4.78, 5) is 4.66. The lowest BCUT2D eigenvalue weighted by atomic mass is 10.0. The Morgan fingerprint density at radius 3 is 2.75 bits per heavy atom. The fourth-order valence-electron chi connectivity index (χ4n) is 3.57. The molecule has 0 spiro atoms. The first kappa shape index (κ1) is 19.3. The fourth-order valence-corrected chi connectivity index (χ4v) is 4.21. The maximum absolute atomic E-state index is 13.7. The normalized spacial score (nSPS) is 15.2. The smallest absolute Gasteiger partial charge is 0.140 e. The van der Waals surface area contributed by atoms with Crippen LogP contribution in [0, 0.1) is 25.6 Å². The van der Waals surface area contributed by atoms with E-state index in [1.165, 1.54) is 25.0 Å². The van der Waals surface area contributed by atoms with Crippen LogP contribution in [0.1, 0.15) is 48.4 Å². The van der Waals surface area contributed by atoms with Crippen LogP contribution in [-0.4, -0.2) is 24.4 Å². The van der Waals surface area contributed by atoms with Crippen LogP contribution in [0.5, 0.6) is 0 Å². The third-order valence-electron chi connectivity index (χ3n) is 5.24. The molecule has 28 heavy (non-hydrogen) atoms. The van der Waals surface area contributed by atoms with Gasteiger partial charge in [0.1, 0.15) is 16.2 Å². The maximum atomic E-state index is 13.7. The SMILES string of the molecule is Cc1cn(Cc2c(C)nn(CC3CC3)c2Br)c(-c2ccc(F)cc2[C@@H](C)O)n1. The third-order valence-corrected chi connectivity index (χ3v) is 6.13. The van der Waals surface area contributed by atoms with E-state index in [-0.39, 0.29) is 5.82 Å². The van der Waals surface area contributed by atoms with Crippen molar-refractivity contribution in [2.24, 2.45) is 5.92 Å². The quantitative estimate of drug-likeness (QED) is 0.592. The van der Waals surface area contributed by atoms with E-state index in [0.29, 0.717) is 12.1 Å². The molecule has 1 fully saturated rings. The monoisotopic (exact) mass is 446 g/mol. The molecule has 2 aromatic heterocycles. The number of aromatic nitrogens is 4. The molecule has 4 rings (SSSR count). The van der Waals surface area contributed by atoms with E-state index in [1.54, 1.807) is 13.0 Å². The molecular weight excluding hydrogens is 423 g/mol.